The third-order valence-electron chi connectivity index (χ3n) is 3.88. The second-order valence-electron chi connectivity index (χ2n) is 6.31. The van der Waals surface area contributed by atoms with E-state index in [1.807, 2.05) is 13.0 Å². The molecule has 0 unspecified atom stereocenters. The fourth-order valence-corrected chi connectivity index (χ4v) is 3.18. The molecule has 0 rings (SSSR count). The Bertz CT molecular complexity index is 482. The quantitative estimate of drug-likeness (QED) is 0.250. The van der Waals surface area contributed by atoms with Crippen LogP contribution < -0.4 is 0 Å². The first-order valence-corrected chi connectivity index (χ1v) is 11.0. The van der Waals surface area contributed by atoms with Gasteiger partial charge in [-0.25, -0.2) is 0 Å². The van der Waals surface area contributed by atoms with Gasteiger partial charge in [0.15, 0.2) is 0 Å². The summed E-state index contributed by atoms with van der Waals surface area (Å²) in [6, 6.07) is 0. The van der Waals surface area contributed by atoms with E-state index in [1.165, 1.54) is 25.0 Å². The van der Waals surface area contributed by atoms with E-state index >= 15 is 0 Å². The molecule has 0 heterocycles. The van der Waals surface area contributed by atoms with E-state index in [0.29, 0.717) is 6.42 Å². The Morgan fingerprint density at radius 1 is 0.958 bits per heavy atom. The van der Waals surface area contributed by atoms with Crippen LogP contribution in [0, 0.1) is 0 Å². The van der Waals surface area contributed by atoms with E-state index in [0.717, 1.165) is 43.8 Å². The topological polar surface area (TPSA) is 57.6 Å². The summed E-state index contributed by atoms with van der Waals surface area (Å²) in [5, 5.41) is 0.791. The van der Waals surface area contributed by atoms with Crippen molar-refractivity contribution in [1.82, 2.24) is 4.90 Å². The van der Waals surface area contributed by atoms with Crippen LogP contribution in [0.5, 0.6) is 0 Å². The molecule has 0 aromatic rings. The number of rotatable bonds is 14. The molecular weight excluding hydrogens is 346 g/mol. The van der Waals surface area contributed by atoms with Crippen molar-refractivity contribution >= 4 is 21.7 Å². The molecule has 0 aliphatic rings. The zero-order valence-electron chi connectivity index (χ0n) is 15.4. The molecule has 0 atom stereocenters. The first-order valence-electron chi connectivity index (χ1n) is 8.97. The second kappa shape index (κ2) is 13.7. The Morgan fingerprint density at radius 2 is 1.50 bits per heavy atom. The van der Waals surface area contributed by atoms with E-state index in [9.17, 15) is 8.42 Å². The van der Waals surface area contributed by atoms with Gasteiger partial charge in [-0.05, 0) is 45.3 Å². The molecule has 0 spiro atoms. The van der Waals surface area contributed by atoms with Gasteiger partial charge in [-0.2, -0.15) is 8.42 Å². The number of unbranched alkanes of at least 4 members (excludes halogenated alkanes) is 6. The van der Waals surface area contributed by atoms with Crippen LogP contribution in [-0.2, 0) is 10.1 Å². The molecule has 1 N–H and O–H groups in total. The fraction of sp³-hybridized carbons (Fsp3) is 0.778. The zero-order chi connectivity index (χ0) is 18.4. The number of hydrogen-bond acceptors (Lipinski definition) is 3. The lowest BCUT2D eigenvalue weighted by Gasteiger charge is -2.25. The molecule has 0 fully saturated rings. The summed E-state index contributed by atoms with van der Waals surface area (Å²) in [4.78, 5) is 2.41. The van der Waals surface area contributed by atoms with Gasteiger partial charge in [0.1, 0.15) is 0 Å². The number of nitrogens with zero attached hydrogens (tertiary/aromatic N) is 1. The number of allylic oxidation sites excluding steroid dienone is 4. The van der Waals surface area contributed by atoms with Crippen LogP contribution >= 0.6 is 11.6 Å². The molecule has 142 valence electrons. The average Bonchev–Trinajstić information content (AvgIpc) is 2.48. The fourth-order valence-electron chi connectivity index (χ4n) is 2.55. The lowest BCUT2D eigenvalue weighted by Crippen LogP contribution is -2.23. The molecule has 0 aromatic carbocycles. The Balaban J connectivity index is 3.85. The van der Waals surface area contributed by atoms with Crippen molar-refractivity contribution < 1.29 is 13.0 Å². The van der Waals surface area contributed by atoms with Crippen LogP contribution in [0.3, 0.4) is 0 Å². The minimum Gasteiger partial charge on any atom is -0.375 e. The molecule has 0 bridgehead atoms. The third-order valence-corrected chi connectivity index (χ3v) is 4.81. The molecule has 24 heavy (non-hydrogen) atoms. The predicted molar refractivity (Wildman–Crippen MR) is 104 cm³/mol. The van der Waals surface area contributed by atoms with E-state index in [4.69, 9.17) is 16.2 Å². The molecule has 0 saturated heterocycles. The molecule has 0 aliphatic heterocycles. The third kappa shape index (κ3) is 15.0. The van der Waals surface area contributed by atoms with Gasteiger partial charge in [-0.1, -0.05) is 50.6 Å². The second-order valence-corrected chi connectivity index (χ2v) is 8.48. The lowest BCUT2D eigenvalue weighted by atomic mass is 10.1. The van der Waals surface area contributed by atoms with E-state index in [1.54, 1.807) is 0 Å². The van der Waals surface area contributed by atoms with Crippen molar-refractivity contribution in [1.29, 1.82) is 0 Å². The van der Waals surface area contributed by atoms with E-state index < -0.39 is 10.1 Å². The van der Waals surface area contributed by atoms with E-state index in [-0.39, 0.29) is 5.75 Å². The number of halogens is 1. The Hall–Kier alpha value is -0.520. The van der Waals surface area contributed by atoms with Gasteiger partial charge in [0.05, 0.1) is 5.75 Å². The molecule has 0 radical (unpaired) electrons. The molecule has 0 amide bonds. The van der Waals surface area contributed by atoms with Crippen LogP contribution in [0.1, 0.15) is 72.1 Å². The summed E-state index contributed by atoms with van der Waals surface area (Å²) in [5.74, 6) is -0.110. The molecule has 0 aliphatic carbocycles. The van der Waals surface area contributed by atoms with Crippen molar-refractivity contribution in [3.05, 3.63) is 22.9 Å². The van der Waals surface area contributed by atoms with Gasteiger partial charge < -0.3 is 4.90 Å². The van der Waals surface area contributed by atoms with Gasteiger partial charge >= 0.3 is 0 Å². The normalized spacial score (nSPS) is 13.4. The highest BCUT2D eigenvalue weighted by Crippen LogP contribution is 2.12. The molecule has 4 nitrogen and oxygen atoms in total. The van der Waals surface area contributed by atoms with Crippen molar-refractivity contribution in [3.8, 4) is 0 Å². The first kappa shape index (κ1) is 23.5. The van der Waals surface area contributed by atoms with Crippen molar-refractivity contribution in [2.75, 3.05) is 18.8 Å². The van der Waals surface area contributed by atoms with Crippen molar-refractivity contribution in [3.63, 3.8) is 0 Å². The zero-order valence-corrected chi connectivity index (χ0v) is 17.0. The van der Waals surface area contributed by atoms with Crippen LogP contribution in [0.25, 0.3) is 0 Å². The summed E-state index contributed by atoms with van der Waals surface area (Å²) < 4.78 is 29.8. The summed E-state index contributed by atoms with van der Waals surface area (Å²) in [7, 11) is -3.78. The van der Waals surface area contributed by atoms with Gasteiger partial charge in [0.2, 0.25) is 0 Å². The minimum absolute atomic E-state index is 0.110. The van der Waals surface area contributed by atoms with Gasteiger partial charge in [-0.3, -0.25) is 4.55 Å². The maximum atomic E-state index is 10.6. The van der Waals surface area contributed by atoms with E-state index in [2.05, 4.69) is 24.8 Å². The lowest BCUT2D eigenvalue weighted by molar-refractivity contribution is 0.333. The van der Waals surface area contributed by atoms with Crippen LogP contribution in [0.4, 0.5) is 0 Å². The van der Waals surface area contributed by atoms with Crippen molar-refractivity contribution in [2.24, 2.45) is 0 Å². The highest BCUT2D eigenvalue weighted by molar-refractivity contribution is 7.85. The maximum Gasteiger partial charge on any atom is 0.264 e. The molecule has 6 heteroatoms. The van der Waals surface area contributed by atoms with Crippen molar-refractivity contribution in [2.45, 2.75) is 72.1 Å². The van der Waals surface area contributed by atoms with Crippen LogP contribution in [0.2, 0.25) is 0 Å². The Labute approximate surface area is 153 Å². The summed E-state index contributed by atoms with van der Waals surface area (Å²) in [6.45, 7) is 8.32. The Kier molecular flexibility index (Phi) is 13.4. The molecule has 0 aromatic heterocycles. The summed E-state index contributed by atoms with van der Waals surface area (Å²) >= 11 is 5.88. The first-order chi connectivity index (χ1) is 11.3. The monoisotopic (exact) mass is 379 g/mol. The SMILES string of the molecule is CCCN(CCCCCCCCCS(=O)(=O)O)/C(C)=C/C=C(\C)Cl. The minimum atomic E-state index is -3.78. The Morgan fingerprint density at radius 3 is 2.00 bits per heavy atom. The summed E-state index contributed by atoms with van der Waals surface area (Å²) in [5.41, 5.74) is 1.25. The maximum absolute atomic E-state index is 10.6. The molecular formula is C18H34ClNO3S. The highest BCUT2D eigenvalue weighted by atomic mass is 35.5. The standard InChI is InChI=1S/C18H34ClNO3S/c1-4-14-20(18(3)13-12-17(2)19)15-10-8-6-5-7-9-11-16-24(21,22)23/h12-13H,4-11,14-16H2,1-3H3,(H,21,22,23)/b17-12+,18-13+. The van der Waals surface area contributed by atoms with Gasteiger partial charge in [-0.15, -0.1) is 0 Å². The van der Waals surface area contributed by atoms with Gasteiger partial charge in [0.25, 0.3) is 10.1 Å². The average molecular weight is 380 g/mol. The van der Waals surface area contributed by atoms with Gasteiger partial charge in [0, 0.05) is 23.8 Å². The smallest absolute Gasteiger partial charge is 0.264 e. The number of hydrogen-bond donors (Lipinski definition) is 1. The predicted octanol–water partition coefficient (Wildman–Crippen LogP) is 5.36. The van der Waals surface area contributed by atoms with Crippen LogP contribution in [0.15, 0.2) is 22.9 Å². The summed E-state index contributed by atoms with van der Waals surface area (Å²) in [6.07, 6.45) is 12.3. The molecule has 0 saturated carbocycles. The van der Waals surface area contributed by atoms with Crippen LogP contribution in [-0.4, -0.2) is 36.7 Å². The largest absolute Gasteiger partial charge is 0.375 e. The highest BCUT2D eigenvalue weighted by Gasteiger charge is 2.04.